The molecule has 32 nitrogen and oxygen atoms in total. The minimum Gasteiger partial charge on any atom is -0.477 e. The molecule has 19 N–H and O–H groups in total. The Morgan fingerprint density at radius 2 is 1.06 bits per heavy atom. The Hall–Kier alpha value is -3.08. The lowest BCUT2D eigenvalue weighted by Gasteiger charge is -2.50. The average Bonchev–Trinajstić information content (AvgIpc) is 3.31. The predicted molar refractivity (Wildman–Crippen MR) is 219 cm³/mol. The monoisotopic (exact) mass is 1040 g/mol. The van der Waals surface area contributed by atoms with Crippen molar-refractivity contribution in [2.45, 2.75) is 186 Å². The van der Waals surface area contributed by atoms with Crippen LogP contribution in [0.3, 0.4) is 0 Å². The van der Waals surface area contributed by atoms with Crippen LogP contribution in [0.4, 0.5) is 0 Å². The highest BCUT2D eigenvalue weighted by molar-refractivity contribution is 5.77. The van der Waals surface area contributed by atoms with E-state index in [1.165, 1.54) is 0 Å². The number of rotatable bonds is 19. The van der Waals surface area contributed by atoms with Crippen molar-refractivity contribution >= 4 is 23.7 Å². The van der Waals surface area contributed by atoms with Gasteiger partial charge in [0.1, 0.15) is 116 Å². The van der Waals surface area contributed by atoms with Gasteiger partial charge in [0, 0.05) is 27.2 Å². The van der Waals surface area contributed by atoms with Gasteiger partial charge < -0.3 is 140 Å². The standard InChI is InChI=1S/C39H65N3O29/c1-10(47)40-19-13(50)4-39(38(61)62,71-32(19)22(52)14(51)5-43)63-9-18-25(55)31(21(34(60)64-18)42-12(3)49)69-37-29(59)33(24(54)16(7-45)66-37)70-35-20(41-11(2)48)26(56)30(17(8-46)67-35)68-36-28(58)27(57)23(53)15(6-44)65-36/h13-37,43-46,50-60H,4-9H2,1-3H3,(H,40,47)(H,41,48)(H,42,49)(H,61,62)/t13-,14+,15+,16+,17+,18+,19+,20+,21+,22+,23-,24-,25-,26+,27-,28+,29+,30+,31+,32+,33-,34-,35-,36-,37-,39+/m0/s1. The molecule has 0 aromatic rings. The van der Waals surface area contributed by atoms with Crippen molar-refractivity contribution in [1.29, 1.82) is 0 Å². The lowest BCUT2D eigenvalue weighted by Crippen LogP contribution is -2.70. The van der Waals surface area contributed by atoms with Gasteiger partial charge >= 0.3 is 5.97 Å². The number of aliphatic hydroxyl groups is 15. The summed E-state index contributed by atoms with van der Waals surface area (Å²) < 4.78 is 50.9. The lowest BCUT2D eigenvalue weighted by atomic mass is 9.88. The van der Waals surface area contributed by atoms with E-state index < -0.39 is 222 Å². The highest BCUT2D eigenvalue weighted by Gasteiger charge is 2.59. The lowest BCUT2D eigenvalue weighted by molar-refractivity contribution is -0.377. The number of nitrogens with one attached hydrogen (secondary N) is 3. The number of carboxylic acids is 1. The Morgan fingerprint density at radius 3 is 1.61 bits per heavy atom. The average molecular weight is 1040 g/mol. The minimum atomic E-state index is -2.98. The van der Waals surface area contributed by atoms with Crippen molar-refractivity contribution in [2.24, 2.45) is 0 Å². The van der Waals surface area contributed by atoms with Crippen molar-refractivity contribution in [2.75, 3.05) is 33.0 Å². The van der Waals surface area contributed by atoms with Crippen LogP contribution in [0.15, 0.2) is 0 Å². The molecule has 0 aromatic heterocycles. The maximum Gasteiger partial charge on any atom is 0.364 e. The molecule has 0 bridgehead atoms. The molecule has 0 aliphatic carbocycles. The zero-order valence-electron chi connectivity index (χ0n) is 38.1. The third kappa shape index (κ3) is 13.1. The molecule has 0 saturated carbocycles. The maximum atomic E-state index is 12.8. The number of hydrogen-bond acceptors (Lipinski definition) is 28. The molecule has 32 heteroatoms. The van der Waals surface area contributed by atoms with E-state index in [1.54, 1.807) is 0 Å². The summed E-state index contributed by atoms with van der Waals surface area (Å²) in [6, 6.07) is -5.11. The number of hydrogen-bond donors (Lipinski definition) is 19. The van der Waals surface area contributed by atoms with E-state index in [1.807, 2.05) is 0 Å². The molecule has 5 rings (SSSR count). The van der Waals surface area contributed by atoms with E-state index in [2.05, 4.69) is 16.0 Å². The fourth-order valence-electron chi connectivity index (χ4n) is 8.83. The Balaban J connectivity index is 1.39. The van der Waals surface area contributed by atoms with E-state index >= 15 is 0 Å². The number of carboxylic acid groups (broad SMARTS) is 1. The van der Waals surface area contributed by atoms with Gasteiger partial charge in [0.05, 0.1) is 45.2 Å². The van der Waals surface area contributed by atoms with Gasteiger partial charge in [-0.1, -0.05) is 0 Å². The van der Waals surface area contributed by atoms with E-state index in [9.17, 15) is 101 Å². The molecule has 26 atom stereocenters. The third-order valence-corrected chi connectivity index (χ3v) is 12.5. The summed E-state index contributed by atoms with van der Waals surface area (Å²) in [7, 11) is 0. The van der Waals surface area contributed by atoms with E-state index in [-0.39, 0.29) is 0 Å². The van der Waals surface area contributed by atoms with Crippen LogP contribution in [0.2, 0.25) is 0 Å². The summed E-state index contributed by atoms with van der Waals surface area (Å²) >= 11 is 0. The summed E-state index contributed by atoms with van der Waals surface area (Å²) in [5.41, 5.74) is 0. The molecule has 410 valence electrons. The van der Waals surface area contributed by atoms with Crippen LogP contribution in [0.25, 0.3) is 0 Å². The molecule has 0 spiro atoms. The second-order valence-corrected chi connectivity index (χ2v) is 17.6. The van der Waals surface area contributed by atoms with Crippen LogP contribution in [0.5, 0.6) is 0 Å². The molecule has 5 saturated heterocycles. The first-order chi connectivity index (χ1) is 33.3. The van der Waals surface area contributed by atoms with E-state index in [0.29, 0.717) is 0 Å². The predicted octanol–water partition coefficient (Wildman–Crippen LogP) is -12.3. The minimum absolute atomic E-state index is 0.781. The first kappa shape index (κ1) is 58.8. The first-order valence-electron chi connectivity index (χ1n) is 22.2. The molecule has 0 aromatic carbocycles. The summed E-state index contributed by atoms with van der Waals surface area (Å²) in [5, 5.41) is 177. The van der Waals surface area contributed by atoms with Crippen molar-refractivity contribution < 1.29 is 144 Å². The Morgan fingerprint density at radius 1 is 0.563 bits per heavy atom. The number of carbonyl (C=O) groups excluding carboxylic acids is 3. The molecule has 0 unspecified atom stereocenters. The SMILES string of the molecule is CC(=O)N[C@@H]1[C@@H](O[C@@H]2O[C@H](CO)[C@H](O)[C@H](O[C@@H]3O[C@H](CO)[C@@H](O[C@@H]4O[C@H](CO)[C@H](O)[C@H](O)[C@H]4O)[C@H](O)[C@H]3NC(C)=O)[C@H]2O)[C@@H](O)[C@@H](CO[C@]2(C(=O)O)C[C@H](O)[C@@H](NC(C)=O)[C@H]([C@H](O)[C@H](O)CO)O2)O[C@@H]1O. The summed E-state index contributed by atoms with van der Waals surface area (Å²) in [4.78, 5) is 49.5. The Labute approximate surface area is 402 Å². The second kappa shape index (κ2) is 25.0. The largest absolute Gasteiger partial charge is 0.477 e. The molecular weight excluding hydrogens is 974 g/mol. The van der Waals surface area contributed by atoms with Gasteiger partial charge in [-0.25, -0.2) is 4.79 Å². The maximum absolute atomic E-state index is 12.8. The van der Waals surface area contributed by atoms with E-state index in [4.69, 9.17) is 42.6 Å². The van der Waals surface area contributed by atoms with Gasteiger partial charge in [-0.2, -0.15) is 0 Å². The number of carbonyl (C=O) groups is 4. The van der Waals surface area contributed by atoms with Crippen molar-refractivity contribution in [3.63, 3.8) is 0 Å². The van der Waals surface area contributed by atoms with Gasteiger partial charge in [0.25, 0.3) is 5.79 Å². The Bertz CT molecular complexity index is 1770. The van der Waals surface area contributed by atoms with Crippen LogP contribution in [0.1, 0.15) is 27.2 Å². The van der Waals surface area contributed by atoms with Crippen LogP contribution in [-0.4, -0.2) is 297 Å². The molecule has 5 aliphatic rings. The zero-order chi connectivity index (χ0) is 53.0. The molecule has 5 fully saturated rings. The fraction of sp³-hybridized carbons (Fsp3) is 0.897. The molecule has 3 amide bonds. The summed E-state index contributed by atoms with van der Waals surface area (Å²) in [6.07, 6.45) is -44.0. The molecular formula is C39H65N3O29. The third-order valence-electron chi connectivity index (χ3n) is 12.5. The second-order valence-electron chi connectivity index (χ2n) is 17.6. The normalized spacial score (nSPS) is 45.0. The summed E-state index contributed by atoms with van der Waals surface area (Å²) in [6.45, 7) is -2.11. The van der Waals surface area contributed by atoms with Crippen molar-refractivity contribution in [1.82, 2.24) is 16.0 Å². The fourth-order valence-corrected chi connectivity index (χ4v) is 8.83. The molecule has 0 radical (unpaired) electrons. The highest BCUT2D eigenvalue weighted by Crippen LogP contribution is 2.37. The topological polar surface area (TPSA) is 511 Å². The highest BCUT2D eigenvalue weighted by atomic mass is 16.8. The van der Waals surface area contributed by atoms with Gasteiger partial charge in [0.2, 0.25) is 17.7 Å². The van der Waals surface area contributed by atoms with Gasteiger partial charge in [-0.05, 0) is 0 Å². The summed E-state index contributed by atoms with van der Waals surface area (Å²) in [5.74, 6) is -7.41. The van der Waals surface area contributed by atoms with Gasteiger partial charge in [-0.3, -0.25) is 14.4 Å². The van der Waals surface area contributed by atoms with Gasteiger partial charge in [0.15, 0.2) is 25.2 Å². The van der Waals surface area contributed by atoms with Crippen molar-refractivity contribution in [3.05, 3.63) is 0 Å². The molecule has 71 heavy (non-hydrogen) atoms. The number of aliphatic carboxylic acids is 1. The number of ether oxygens (including phenoxy) is 9. The van der Waals surface area contributed by atoms with E-state index in [0.717, 1.165) is 20.8 Å². The number of amides is 3. The zero-order valence-corrected chi connectivity index (χ0v) is 38.1. The first-order valence-corrected chi connectivity index (χ1v) is 22.2. The van der Waals surface area contributed by atoms with Crippen molar-refractivity contribution in [3.8, 4) is 0 Å². The number of aliphatic hydroxyl groups excluding tert-OH is 15. The van der Waals surface area contributed by atoms with Crippen LogP contribution < -0.4 is 16.0 Å². The molecule has 5 aliphatic heterocycles. The quantitative estimate of drug-likeness (QED) is 0.0571. The van der Waals surface area contributed by atoms with Gasteiger partial charge in [-0.15, -0.1) is 0 Å². The van der Waals surface area contributed by atoms with Crippen LogP contribution >= 0.6 is 0 Å². The van der Waals surface area contributed by atoms with Crippen LogP contribution in [-0.2, 0) is 61.8 Å². The van der Waals surface area contributed by atoms with Crippen LogP contribution in [0, 0.1) is 0 Å². The molecule has 5 heterocycles. The Kier molecular flexibility index (Phi) is 20.7. The smallest absolute Gasteiger partial charge is 0.364 e.